The Morgan fingerprint density at radius 2 is 1.89 bits per heavy atom. The second kappa shape index (κ2) is 4.53. The lowest BCUT2D eigenvalue weighted by Crippen LogP contribution is -2.26. The second-order valence-electron chi connectivity index (χ2n) is 4.84. The molecule has 102 valence electrons. The quantitative estimate of drug-likeness (QED) is 0.779. The van der Waals surface area contributed by atoms with Crippen LogP contribution in [0.4, 0.5) is 0 Å². The van der Waals surface area contributed by atoms with Crippen LogP contribution in [0.1, 0.15) is 20.8 Å². The van der Waals surface area contributed by atoms with Crippen LogP contribution in [-0.4, -0.2) is 33.2 Å². The van der Waals surface area contributed by atoms with Gasteiger partial charge in [-0.2, -0.15) is 0 Å². The third kappa shape index (κ3) is 2.74. The molecule has 2 aromatic heterocycles. The standard InChI is InChI=1S/C10H12ClN5O2S/c1-10(2,3)16-8(7-6-12-4-5-13-7)14-15-9(16)19(11,17)18/h4-6H,1-3H3. The lowest BCUT2D eigenvalue weighted by Gasteiger charge is -2.23. The van der Waals surface area contributed by atoms with Gasteiger partial charge in [0.2, 0.25) is 0 Å². The highest BCUT2D eigenvalue weighted by molar-refractivity contribution is 8.13. The Labute approximate surface area is 115 Å². The minimum Gasteiger partial charge on any atom is -0.290 e. The minimum atomic E-state index is -3.99. The Morgan fingerprint density at radius 1 is 1.21 bits per heavy atom. The van der Waals surface area contributed by atoms with E-state index in [1.54, 1.807) is 0 Å². The molecule has 0 aromatic carbocycles. The molecule has 0 unspecified atom stereocenters. The minimum absolute atomic E-state index is 0.303. The highest BCUT2D eigenvalue weighted by Crippen LogP contribution is 2.27. The van der Waals surface area contributed by atoms with Crippen molar-refractivity contribution in [2.24, 2.45) is 0 Å². The normalized spacial score (nSPS) is 12.6. The van der Waals surface area contributed by atoms with Crippen molar-refractivity contribution in [3.8, 4) is 11.5 Å². The fourth-order valence-corrected chi connectivity index (χ4v) is 2.63. The fourth-order valence-electron chi connectivity index (χ4n) is 1.61. The average molecular weight is 302 g/mol. The Hall–Kier alpha value is -1.54. The molecule has 0 fully saturated rings. The molecule has 0 saturated carbocycles. The zero-order valence-corrected chi connectivity index (χ0v) is 12.1. The van der Waals surface area contributed by atoms with Gasteiger partial charge in [0.15, 0.2) is 5.82 Å². The van der Waals surface area contributed by atoms with E-state index < -0.39 is 14.6 Å². The van der Waals surface area contributed by atoms with Crippen LogP contribution in [-0.2, 0) is 14.6 Å². The Bertz CT molecular complexity index is 690. The summed E-state index contributed by atoms with van der Waals surface area (Å²) in [5, 5.41) is 7.22. The first-order chi connectivity index (χ1) is 8.71. The van der Waals surface area contributed by atoms with E-state index in [0.29, 0.717) is 11.5 Å². The molecule has 0 aliphatic carbocycles. The summed E-state index contributed by atoms with van der Waals surface area (Å²) < 4.78 is 24.5. The van der Waals surface area contributed by atoms with Crippen molar-refractivity contribution in [1.29, 1.82) is 0 Å². The average Bonchev–Trinajstić information content (AvgIpc) is 2.74. The molecule has 0 aliphatic rings. The van der Waals surface area contributed by atoms with Crippen molar-refractivity contribution in [2.75, 3.05) is 0 Å². The smallest absolute Gasteiger partial charge is 0.290 e. The van der Waals surface area contributed by atoms with E-state index in [4.69, 9.17) is 10.7 Å². The third-order valence-corrected chi connectivity index (χ3v) is 3.43. The van der Waals surface area contributed by atoms with Crippen LogP contribution < -0.4 is 0 Å². The van der Waals surface area contributed by atoms with Crippen molar-refractivity contribution in [2.45, 2.75) is 31.5 Å². The third-order valence-electron chi connectivity index (χ3n) is 2.31. The van der Waals surface area contributed by atoms with Crippen LogP contribution >= 0.6 is 10.7 Å². The first kappa shape index (κ1) is 13.9. The van der Waals surface area contributed by atoms with E-state index in [1.807, 2.05) is 20.8 Å². The molecule has 0 bridgehead atoms. The van der Waals surface area contributed by atoms with Gasteiger partial charge in [0.05, 0.1) is 6.20 Å². The number of hydrogen-bond donors (Lipinski definition) is 0. The monoisotopic (exact) mass is 301 g/mol. The first-order valence-corrected chi connectivity index (χ1v) is 7.69. The molecule has 0 amide bonds. The zero-order valence-electron chi connectivity index (χ0n) is 10.6. The number of halogens is 1. The zero-order chi connectivity index (χ0) is 14.3. The summed E-state index contributed by atoms with van der Waals surface area (Å²) in [4.78, 5) is 8.02. The molecule has 2 heterocycles. The lowest BCUT2D eigenvalue weighted by atomic mass is 10.1. The number of rotatable bonds is 2. The Morgan fingerprint density at radius 3 is 2.37 bits per heavy atom. The summed E-state index contributed by atoms with van der Waals surface area (Å²) >= 11 is 0. The van der Waals surface area contributed by atoms with Crippen molar-refractivity contribution in [3.63, 3.8) is 0 Å². The van der Waals surface area contributed by atoms with E-state index in [9.17, 15) is 8.42 Å². The van der Waals surface area contributed by atoms with E-state index in [2.05, 4.69) is 20.2 Å². The fraction of sp³-hybridized carbons (Fsp3) is 0.400. The summed E-state index contributed by atoms with van der Waals surface area (Å²) in [5.41, 5.74) is -0.148. The van der Waals surface area contributed by atoms with Crippen LogP contribution in [0, 0.1) is 0 Å². The topological polar surface area (TPSA) is 90.6 Å². The van der Waals surface area contributed by atoms with E-state index >= 15 is 0 Å². The van der Waals surface area contributed by atoms with Gasteiger partial charge in [-0.3, -0.25) is 9.55 Å². The van der Waals surface area contributed by atoms with Crippen LogP contribution in [0.5, 0.6) is 0 Å². The molecule has 0 saturated heterocycles. The van der Waals surface area contributed by atoms with Gasteiger partial charge in [-0.25, -0.2) is 13.4 Å². The predicted molar refractivity (Wildman–Crippen MR) is 69.1 cm³/mol. The molecular weight excluding hydrogens is 290 g/mol. The highest BCUT2D eigenvalue weighted by atomic mass is 35.7. The van der Waals surface area contributed by atoms with Gasteiger partial charge in [-0.05, 0) is 20.8 Å². The van der Waals surface area contributed by atoms with Gasteiger partial charge in [-0.1, -0.05) is 0 Å². The van der Waals surface area contributed by atoms with Crippen LogP contribution in [0.2, 0.25) is 0 Å². The summed E-state index contributed by atoms with van der Waals surface area (Å²) in [6, 6.07) is 0. The predicted octanol–water partition coefficient (Wildman–Crippen LogP) is 1.42. The van der Waals surface area contributed by atoms with Crippen molar-refractivity contribution in [3.05, 3.63) is 18.6 Å². The SMILES string of the molecule is CC(C)(C)n1c(-c2cnccn2)nnc1S(=O)(=O)Cl. The second-order valence-corrected chi connectivity index (χ2v) is 7.30. The van der Waals surface area contributed by atoms with Gasteiger partial charge < -0.3 is 0 Å². The first-order valence-electron chi connectivity index (χ1n) is 5.38. The van der Waals surface area contributed by atoms with Gasteiger partial charge in [0, 0.05) is 28.6 Å². The summed E-state index contributed by atoms with van der Waals surface area (Å²) in [5.74, 6) is 0.305. The highest BCUT2D eigenvalue weighted by Gasteiger charge is 2.30. The molecule has 19 heavy (non-hydrogen) atoms. The van der Waals surface area contributed by atoms with Gasteiger partial charge in [0.25, 0.3) is 14.2 Å². The molecule has 9 heteroatoms. The van der Waals surface area contributed by atoms with Gasteiger partial charge in [0.1, 0.15) is 5.69 Å². The molecule has 0 radical (unpaired) electrons. The molecule has 0 spiro atoms. The lowest BCUT2D eigenvalue weighted by molar-refractivity contribution is 0.367. The van der Waals surface area contributed by atoms with E-state index in [-0.39, 0.29) is 5.16 Å². The largest absolute Gasteiger partial charge is 0.296 e. The molecule has 0 N–H and O–H groups in total. The van der Waals surface area contributed by atoms with E-state index in [1.165, 1.54) is 23.2 Å². The number of nitrogens with zero attached hydrogens (tertiary/aromatic N) is 5. The maximum atomic E-state index is 11.6. The molecule has 0 aliphatic heterocycles. The van der Waals surface area contributed by atoms with Crippen LogP contribution in [0.25, 0.3) is 11.5 Å². The van der Waals surface area contributed by atoms with E-state index in [0.717, 1.165) is 0 Å². The summed E-state index contributed by atoms with van der Waals surface area (Å²) in [7, 11) is 1.39. The summed E-state index contributed by atoms with van der Waals surface area (Å²) in [6.45, 7) is 5.46. The van der Waals surface area contributed by atoms with Crippen molar-refractivity contribution >= 4 is 19.7 Å². The molecule has 2 aromatic rings. The molecule has 7 nitrogen and oxygen atoms in total. The maximum absolute atomic E-state index is 11.6. The molecule has 0 atom stereocenters. The maximum Gasteiger partial charge on any atom is 0.296 e. The van der Waals surface area contributed by atoms with Crippen molar-refractivity contribution < 1.29 is 8.42 Å². The summed E-state index contributed by atoms with van der Waals surface area (Å²) in [6.07, 6.45) is 4.49. The van der Waals surface area contributed by atoms with Crippen LogP contribution in [0.3, 0.4) is 0 Å². The number of hydrogen-bond acceptors (Lipinski definition) is 6. The van der Waals surface area contributed by atoms with Gasteiger partial charge in [-0.15, -0.1) is 10.2 Å². The Kier molecular flexibility index (Phi) is 3.31. The van der Waals surface area contributed by atoms with Crippen molar-refractivity contribution in [1.82, 2.24) is 24.7 Å². The van der Waals surface area contributed by atoms with Gasteiger partial charge >= 0.3 is 0 Å². The number of aromatic nitrogens is 5. The Balaban J connectivity index is 2.75. The molecular formula is C10H12ClN5O2S. The molecule has 2 rings (SSSR count). The van der Waals surface area contributed by atoms with Crippen LogP contribution in [0.15, 0.2) is 23.7 Å².